The number of hydrogen-bond donors (Lipinski definition) is 2. The number of pyridine rings is 1. The largest absolute Gasteiger partial charge is 0.326 e. The number of aromatic amines is 1. The van der Waals surface area contributed by atoms with Crippen LogP contribution in [0.5, 0.6) is 0 Å². The number of aromatic nitrogens is 1. The Morgan fingerprint density at radius 2 is 2.10 bits per heavy atom. The third-order valence-electron chi connectivity index (χ3n) is 3.85. The van der Waals surface area contributed by atoms with Gasteiger partial charge in [0.1, 0.15) is 5.02 Å². The van der Waals surface area contributed by atoms with Gasteiger partial charge in [-0.25, -0.2) is 13.1 Å². The minimum atomic E-state index is -3.65. The lowest BCUT2D eigenvalue weighted by Gasteiger charge is -2.23. The van der Waals surface area contributed by atoms with Crippen molar-refractivity contribution in [1.29, 1.82) is 0 Å². The van der Waals surface area contributed by atoms with Crippen LogP contribution in [0.3, 0.4) is 0 Å². The quantitative estimate of drug-likeness (QED) is 0.819. The van der Waals surface area contributed by atoms with Gasteiger partial charge in [-0.3, -0.25) is 4.79 Å². The van der Waals surface area contributed by atoms with E-state index in [-0.39, 0.29) is 9.92 Å². The van der Waals surface area contributed by atoms with Crippen LogP contribution >= 0.6 is 11.6 Å². The third-order valence-corrected chi connectivity index (χ3v) is 5.57. The maximum absolute atomic E-state index is 12.1. The summed E-state index contributed by atoms with van der Waals surface area (Å²) < 4.78 is 26.7. The number of halogens is 1. The minimum absolute atomic E-state index is 0.0318. The van der Waals surface area contributed by atoms with Crippen molar-refractivity contribution in [2.75, 3.05) is 20.1 Å². The van der Waals surface area contributed by atoms with E-state index in [0.29, 0.717) is 19.1 Å². The predicted octanol–water partition coefficient (Wildman–Crippen LogP) is 1.18. The summed E-state index contributed by atoms with van der Waals surface area (Å²) in [6.45, 7) is 0.979. The number of hydrogen-bond acceptors (Lipinski definition) is 4. The second-order valence-corrected chi connectivity index (χ2v) is 7.50. The smallest absolute Gasteiger partial charge is 0.266 e. The monoisotopic (exact) mass is 333 g/mol. The molecule has 0 bridgehead atoms. The molecular formula is C13H20ClN3O3S. The first-order valence-electron chi connectivity index (χ1n) is 6.98. The van der Waals surface area contributed by atoms with Crippen LogP contribution in [0.15, 0.2) is 22.0 Å². The summed E-state index contributed by atoms with van der Waals surface area (Å²) in [6.07, 6.45) is 6.00. The van der Waals surface area contributed by atoms with Gasteiger partial charge in [0.25, 0.3) is 5.56 Å². The van der Waals surface area contributed by atoms with E-state index in [1.54, 1.807) is 0 Å². The molecule has 1 aliphatic rings. The molecule has 1 heterocycles. The summed E-state index contributed by atoms with van der Waals surface area (Å²) in [4.78, 5) is 15.6. The Labute approximate surface area is 129 Å². The van der Waals surface area contributed by atoms with Gasteiger partial charge in [0.15, 0.2) is 0 Å². The topological polar surface area (TPSA) is 82.3 Å². The molecule has 8 heteroatoms. The maximum Gasteiger partial charge on any atom is 0.266 e. The Hall–Kier alpha value is -0.890. The Kier molecular flexibility index (Phi) is 5.43. The van der Waals surface area contributed by atoms with Crippen molar-refractivity contribution < 1.29 is 8.42 Å². The van der Waals surface area contributed by atoms with Gasteiger partial charge in [-0.05, 0) is 26.0 Å². The third kappa shape index (κ3) is 4.29. The summed E-state index contributed by atoms with van der Waals surface area (Å²) in [5.41, 5.74) is -0.503. The van der Waals surface area contributed by atoms with Gasteiger partial charge in [-0.1, -0.05) is 24.4 Å². The molecule has 0 atom stereocenters. The first-order valence-corrected chi connectivity index (χ1v) is 8.84. The van der Waals surface area contributed by atoms with E-state index in [1.807, 2.05) is 7.05 Å². The molecule has 1 fully saturated rings. The van der Waals surface area contributed by atoms with E-state index in [1.165, 1.54) is 25.7 Å². The maximum atomic E-state index is 12.1. The van der Waals surface area contributed by atoms with Crippen LogP contribution in [-0.4, -0.2) is 44.5 Å². The summed E-state index contributed by atoms with van der Waals surface area (Å²) >= 11 is 5.65. The molecule has 6 nitrogen and oxygen atoms in total. The number of nitrogens with zero attached hydrogens (tertiary/aromatic N) is 1. The second kappa shape index (κ2) is 6.91. The summed E-state index contributed by atoms with van der Waals surface area (Å²) in [6, 6.07) is 1.71. The van der Waals surface area contributed by atoms with Crippen LogP contribution in [0.2, 0.25) is 5.02 Å². The lowest BCUT2D eigenvalue weighted by atomic mass is 10.2. The molecule has 0 aromatic carbocycles. The zero-order valence-electron chi connectivity index (χ0n) is 11.9. The molecule has 1 aromatic rings. The van der Waals surface area contributed by atoms with Crippen LogP contribution in [0.1, 0.15) is 25.7 Å². The van der Waals surface area contributed by atoms with Gasteiger partial charge in [0.05, 0.1) is 4.90 Å². The highest BCUT2D eigenvalue weighted by atomic mass is 35.5. The average molecular weight is 334 g/mol. The summed E-state index contributed by atoms with van der Waals surface area (Å²) in [7, 11) is -1.63. The van der Waals surface area contributed by atoms with E-state index < -0.39 is 15.6 Å². The van der Waals surface area contributed by atoms with Crippen LogP contribution in [0, 0.1) is 0 Å². The number of sulfonamides is 1. The normalized spacial score (nSPS) is 16.7. The molecule has 2 rings (SSSR count). The van der Waals surface area contributed by atoms with Crippen molar-refractivity contribution in [3.05, 3.63) is 27.6 Å². The van der Waals surface area contributed by atoms with E-state index >= 15 is 0 Å². The SMILES string of the molecule is CN(CCNS(=O)(=O)c1c[nH]c(=O)c(Cl)c1)C1CCCC1. The molecule has 1 saturated carbocycles. The standard InChI is InChI=1S/C13H20ClN3O3S/c1-17(10-4-2-3-5-10)7-6-16-21(19,20)11-8-12(14)13(18)15-9-11/h8-10,16H,2-7H2,1H3,(H,15,18). The number of rotatable bonds is 6. The lowest BCUT2D eigenvalue weighted by molar-refractivity contribution is 0.250. The van der Waals surface area contributed by atoms with Gasteiger partial charge < -0.3 is 9.88 Å². The molecule has 0 aliphatic heterocycles. The summed E-state index contributed by atoms with van der Waals surface area (Å²) in [5, 5.41) is -0.138. The Morgan fingerprint density at radius 3 is 2.71 bits per heavy atom. The highest BCUT2D eigenvalue weighted by Gasteiger charge is 2.20. The Balaban J connectivity index is 1.91. The molecule has 0 saturated heterocycles. The van der Waals surface area contributed by atoms with Crippen molar-refractivity contribution >= 4 is 21.6 Å². The number of H-pyrrole nitrogens is 1. The van der Waals surface area contributed by atoms with Crippen molar-refractivity contribution in [3.8, 4) is 0 Å². The van der Waals surface area contributed by atoms with E-state index in [9.17, 15) is 13.2 Å². The molecule has 0 spiro atoms. The lowest BCUT2D eigenvalue weighted by Crippen LogP contribution is -2.37. The van der Waals surface area contributed by atoms with Crippen LogP contribution in [-0.2, 0) is 10.0 Å². The second-order valence-electron chi connectivity index (χ2n) is 5.33. The van der Waals surface area contributed by atoms with E-state index in [4.69, 9.17) is 11.6 Å². The zero-order valence-corrected chi connectivity index (χ0v) is 13.5. The van der Waals surface area contributed by atoms with Crippen molar-refractivity contribution in [2.45, 2.75) is 36.6 Å². The molecule has 0 radical (unpaired) electrons. The molecule has 2 N–H and O–H groups in total. The van der Waals surface area contributed by atoms with Crippen molar-refractivity contribution in [3.63, 3.8) is 0 Å². The highest BCUT2D eigenvalue weighted by molar-refractivity contribution is 7.89. The Morgan fingerprint density at radius 1 is 1.43 bits per heavy atom. The fourth-order valence-corrected chi connectivity index (χ4v) is 3.81. The van der Waals surface area contributed by atoms with Crippen LogP contribution in [0.25, 0.3) is 0 Å². The molecule has 0 amide bonds. The van der Waals surface area contributed by atoms with Gasteiger partial charge >= 0.3 is 0 Å². The number of likely N-dealkylation sites (N-methyl/N-ethyl adjacent to an activating group) is 1. The molecule has 118 valence electrons. The van der Waals surface area contributed by atoms with E-state index in [2.05, 4.69) is 14.6 Å². The van der Waals surface area contributed by atoms with Crippen molar-refractivity contribution in [2.24, 2.45) is 0 Å². The van der Waals surface area contributed by atoms with E-state index in [0.717, 1.165) is 12.3 Å². The molecular weight excluding hydrogens is 314 g/mol. The molecule has 1 aromatic heterocycles. The van der Waals surface area contributed by atoms with Crippen LogP contribution in [0.4, 0.5) is 0 Å². The number of nitrogens with one attached hydrogen (secondary N) is 2. The van der Waals surface area contributed by atoms with Crippen LogP contribution < -0.4 is 10.3 Å². The van der Waals surface area contributed by atoms with Gasteiger partial charge in [-0.15, -0.1) is 0 Å². The van der Waals surface area contributed by atoms with Gasteiger partial charge in [0, 0.05) is 25.3 Å². The fourth-order valence-electron chi connectivity index (χ4n) is 2.56. The average Bonchev–Trinajstić information content (AvgIpc) is 2.95. The fraction of sp³-hybridized carbons (Fsp3) is 0.615. The molecule has 1 aliphatic carbocycles. The molecule has 21 heavy (non-hydrogen) atoms. The molecule has 0 unspecified atom stereocenters. The highest BCUT2D eigenvalue weighted by Crippen LogP contribution is 2.21. The Bertz CT molecular complexity index is 638. The van der Waals surface area contributed by atoms with Crippen molar-refractivity contribution in [1.82, 2.24) is 14.6 Å². The van der Waals surface area contributed by atoms with Gasteiger partial charge in [-0.2, -0.15) is 0 Å². The zero-order chi connectivity index (χ0) is 15.5. The summed E-state index contributed by atoms with van der Waals surface area (Å²) in [5.74, 6) is 0. The predicted molar refractivity (Wildman–Crippen MR) is 82.1 cm³/mol. The van der Waals surface area contributed by atoms with Gasteiger partial charge in [0.2, 0.25) is 10.0 Å². The minimum Gasteiger partial charge on any atom is -0.326 e. The first-order chi connectivity index (χ1) is 9.90. The first kappa shape index (κ1) is 16.5.